The first-order valence-electron chi connectivity index (χ1n) is 7.34. The molecule has 1 amide bonds. The number of rotatable bonds is 3. The molecule has 0 aliphatic carbocycles. The minimum absolute atomic E-state index is 0.0997. The molecule has 1 N–H and O–H groups in total. The van der Waals surface area contributed by atoms with Gasteiger partial charge in [-0.25, -0.2) is 0 Å². The molecule has 0 spiro atoms. The van der Waals surface area contributed by atoms with Gasteiger partial charge in [-0.2, -0.15) is 0 Å². The molecular formula is C17H22N2O2. The zero-order valence-corrected chi connectivity index (χ0v) is 12.5. The van der Waals surface area contributed by atoms with E-state index in [1.165, 1.54) is 5.56 Å². The Kier molecular flexibility index (Phi) is 5.79. The second kappa shape index (κ2) is 7.82. The van der Waals surface area contributed by atoms with Crippen LogP contribution in [0.5, 0.6) is 0 Å². The smallest absolute Gasteiger partial charge is 0.236 e. The van der Waals surface area contributed by atoms with Crippen LogP contribution in [0.2, 0.25) is 0 Å². The topological polar surface area (TPSA) is 43.8 Å². The standard InChI is InChI=1S/C17H22N2O2/c1-18-10-4-11-19(14-17(18)21)13-16-8-6-15(7-9-16)5-2-3-12-20/h6-9,20H,3-4,10-14H2,1H3. The molecule has 1 aliphatic heterocycles. The number of likely N-dealkylation sites (N-methyl/N-ethyl adjacent to an activating group) is 1. The SMILES string of the molecule is CN1CCCN(Cc2ccc(C#CCCO)cc2)CC1=O. The Hall–Kier alpha value is -1.83. The first-order chi connectivity index (χ1) is 10.2. The third-order valence-corrected chi connectivity index (χ3v) is 3.58. The van der Waals surface area contributed by atoms with Gasteiger partial charge in [0, 0.05) is 38.7 Å². The van der Waals surface area contributed by atoms with Gasteiger partial charge in [0.05, 0.1) is 13.2 Å². The summed E-state index contributed by atoms with van der Waals surface area (Å²) in [4.78, 5) is 15.9. The fourth-order valence-electron chi connectivity index (χ4n) is 2.35. The van der Waals surface area contributed by atoms with Gasteiger partial charge in [-0.15, -0.1) is 0 Å². The van der Waals surface area contributed by atoms with Crippen molar-refractivity contribution in [2.24, 2.45) is 0 Å². The third kappa shape index (κ3) is 4.89. The minimum atomic E-state index is 0.0997. The van der Waals surface area contributed by atoms with Crippen LogP contribution in [0.15, 0.2) is 24.3 Å². The van der Waals surface area contributed by atoms with E-state index in [0.717, 1.165) is 31.6 Å². The molecule has 0 bridgehead atoms. The molecule has 2 rings (SSSR count). The molecule has 1 aromatic carbocycles. The fourth-order valence-corrected chi connectivity index (χ4v) is 2.35. The molecule has 0 radical (unpaired) electrons. The predicted molar refractivity (Wildman–Crippen MR) is 82.6 cm³/mol. The Labute approximate surface area is 126 Å². The molecule has 1 saturated heterocycles. The Balaban J connectivity index is 1.94. The van der Waals surface area contributed by atoms with Crippen LogP contribution in [0, 0.1) is 11.8 Å². The van der Waals surface area contributed by atoms with E-state index in [2.05, 4.69) is 28.9 Å². The van der Waals surface area contributed by atoms with Crippen molar-refractivity contribution in [3.8, 4) is 11.8 Å². The fraction of sp³-hybridized carbons (Fsp3) is 0.471. The molecule has 1 aliphatic rings. The normalized spacial score (nSPS) is 16.3. The molecule has 1 aromatic rings. The largest absolute Gasteiger partial charge is 0.395 e. The second-order valence-electron chi connectivity index (χ2n) is 5.35. The third-order valence-electron chi connectivity index (χ3n) is 3.58. The number of hydrogen-bond donors (Lipinski definition) is 1. The molecule has 4 heteroatoms. The molecule has 1 fully saturated rings. The monoisotopic (exact) mass is 286 g/mol. The van der Waals surface area contributed by atoms with Gasteiger partial charge in [0.15, 0.2) is 0 Å². The van der Waals surface area contributed by atoms with Gasteiger partial charge in [-0.05, 0) is 24.1 Å². The molecule has 4 nitrogen and oxygen atoms in total. The maximum absolute atomic E-state index is 11.9. The zero-order valence-electron chi connectivity index (χ0n) is 12.5. The first kappa shape index (κ1) is 15.6. The van der Waals surface area contributed by atoms with Gasteiger partial charge >= 0.3 is 0 Å². The van der Waals surface area contributed by atoms with E-state index in [1.54, 1.807) is 4.90 Å². The minimum Gasteiger partial charge on any atom is -0.395 e. The molecule has 0 atom stereocenters. The Morgan fingerprint density at radius 2 is 2.00 bits per heavy atom. The van der Waals surface area contributed by atoms with Crippen molar-refractivity contribution in [2.45, 2.75) is 19.4 Å². The summed E-state index contributed by atoms with van der Waals surface area (Å²) < 4.78 is 0. The van der Waals surface area contributed by atoms with Crippen LogP contribution in [0.1, 0.15) is 24.0 Å². The van der Waals surface area contributed by atoms with E-state index in [1.807, 2.05) is 19.2 Å². The highest BCUT2D eigenvalue weighted by molar-refractivity contribution is 5.78. The Bertz CT molecular complexity index is 528. The Morgan fingerprint density at radius 1 is 1.24 bits per heavy atom. The molecule has 0 aromatic heterocycles. The van der Waals surface area contributed by atoms with Crippen molar-refractivity contribution in [1.29, 1.82) is 0 Å². The maximum Gasteiger partial charge on any atom is 0.236 e. The number of hydrogen-bond acceptors (Lipinski definition) is 3. The van der Waals surface area contributed by atoms with E-state index >= 15 is 0 Å². The van der Waals surface area contributed by atoms with E-state index < -0.39 is 0 Å². The zero-order chi connectivity index (χ0) is 15.1. The summed E-state index contributed by atoms with van der Waals surface area (Å²) in [7, 11) is 1.87. The van der Waals surface area contributed by atoms with Crippen molar-refractivity contribution in [1.82, 2.24) is 9.80 Å². The number of carbonyl (C=O) groups excluding carboxylic acids is 1. The summed E-state index contributed by atoms with van der Waals surface area (Å²) in [6, 6.07) is 8.10. The van der Waals surface area contributed by atoms with Gasteiger partial charge in [0.1, 0.15) is 0 Å². The van der Waals surface area contributed by atoms with E-state index in [4.69, 9.17) is 5.11 Å². The highest BCUT2D eigenvalue weighted by Gasteiger charge is 2.18. The number of benzene rings is 1. The number of nitrogens with zero attached hydrogens (tertiary/aromatic N) is 2. The van der Waals surface area contributed by atoms with E-state index in [-0.39, 0.29) is 12.5 Å². The van der Waals surface area contributed by atoms with Crippen LogP contribution in [0.3, 0.4) is 0 Å². The van der Waals surface area contributed by atoms with Crippen LogP contribution in [-0.4, -0.2) is 54.1 Å². The van der Waals surface area contributed by atoms with Gasteiger partial charge in [0.25, 0.3) is 0 Å². The molecule has 0 unspecified atom stereocenters. The van der Waals surface area contributed by atoms with Crippen molar-refractivity contribution in [2.75, 3.05) is 33.3 Å². The van der Waals surface area contributed by atoms with Gasteiger partial charge in [-0.1, -0.05) is 24.0 Å². The van der Waals surface area contributed by atoms with Crippen molar-refractivity contribution < 1.29 is 9.90 Å². The number of aliphatic hydroxyl groups excluding tert-OH is 1. The highest BCUT2D eigenvalue weighted by atomic mass is 16.2. The predicted octanol–water partition coefficient (Wildman–Crippen LogP) is 1.08. The van der Waals surface area contributed by atoms with Crippen molar-refractivity contribution in [3.63, 3.8) is 0 Å². The molecule has 0 saturated carbocycles. The van der Waals surface area contributed by atoms with Gasteiger partial charge < -0.3 is 10.0 Å². The number of amides is 1. The summed E-state index contributed by atoms with van der Waals surface area (Å²) in [6.45, 7) is 3.18. The lowest BCUT2D eigenvalue weighted by atomic mass is 10.1. The second-order valence-corrected chi connectivity index (χ2v) is 5.35. The lowest BCUT2D eigenvalue weighted by Crippen LogP contribution is -2.34. The lowest BCUT2D eigenvalue weighted by Gasteiger charge is -2.19. The van der Waals surface area contributed by atoms with Gasteiger partial charge in [-0.3, -0.25) is 9.69 Å². The summed E-state index contributed by atoms with van der Waals surface area (Å²) >= 11 is 0. The van der Waals surface area contributed by atoms with E-state index in [0.29, 0.717) is 13.0 Å². The van der Waals surface area contributed by atoms with Crippen molar-refractivity contribution in [3.05, 3.63) is 35.4 Å². The molecule has 112 valence electrons. The van der Waals surface area contributed by atoms with E-state index in [9.17, 15) is 4.79 Å². The maximum atomic E-state index is 11.9. The van der Waals surface area contributed by atoms with Crippen LogP contribution < -0.4 is 0 Å². The van der Waals surface area contributed by atoms with Gasteiger partial charge in [0.2, 0.25) is 5.91 Å². The quantitative estimate of drug-likeness (QED) is 0.846. The average Bonchev–Trinajstić information content (AvgIpc) is 2.63. The van der Waals surface area contributed by atoms with Crippen LogP contribution in [-0.2, 0) is 11.3 Å². The summed E-state index contributed by atoms with van der Waals surface area (Å²) in [5.74, 6) is 6.12. The first-order valence-corrected chi connectivity index (χ1v) is 7.34. The summed E-state index contributed by atoms with van der Waals surface area (Å²) in [5, 5.41) is 8.69. The van der Waals surface area contributed by atoms with Crippen LogP contribution in [0.25, 0.3) is 0 Å². The average molecular weight is 286 g/mol. The molecule has 21 heavy (non-hydrogen) atoms. The highest BCUT2D eigenvalue weighted by Crippen LogP contribution is 2.10. The number of aliphatic hydroxyl groups is 1. The lowest BCUT2D eigenvalue weighted by molar-refractivity contribution is -0.129. The molecule has 1 heterocycles. The number of carbonyl (C=O) groups is 1. The Morgan fingerprint density at radius 3 is 2.71 bits per heavy atom. The summed E-state index contributed by atoms with van der Waals surface area (Å²) in [6.07, 6.45) is 1.53. The van der Waals surface area contributed by atoms with Crippen LogP contribution >= 0.6 is 0 Å². The summed E-state index contributed by atoms with van der Waals surface area (Å²) in [5.41, 5.74) is 2.15. The van der Waals surface area contributed by atoms with Crippen LogP contribution in [0.4, 0.5) is 0 Å². The van der Waals surface area contributed by atoms with Crippen molar-refractivity contribution >= 4 is 5.91 Å². The molecular weight excluding hydrogens is 264 g/mol.